The van der Waals surface area contributed by atoms with Gasteiger partial charge in [0.2, 0.25) is 5.91 Å². The first kappa shape index (κ1) is 13.7. The van der Waals surface area contributed by atoms with Gasteiger partial charge in [-0.15, -0.1) is 0 Å². The summed E-state index contributed by atoms with van der Waals surface area (Å²) in [4.78, 5) is 12.3. The molecular formula is C16H19N3O2. The van der Waals surface area contributed by atoms with Crippen molar-refractivity contribution in [3.63, 3.8) is 0 Å². The van der Waals surface area contributed by atoms with Crippen molar-refractivity contribution in [1.29, 1.82) is 0 Å². The molecule has 5 nitrogen and oxygen atoms in total. The van der Waals surface area contributed by atoms with E-state index < -0.39 is 0 Å². The maximum absolute atomic E-state index is 12.3. The lowest BCUT2D eigenvalue weighted by Crippen LogP contribution is -2.18. The molecule has 1 amide bonds. The van der Waals surface area contributed by atoms with Crippen LogP contribution < -0.4 is 10.1 Å². The second-order valence-corrected chi connectivity index (χ2v) is 5.29. The second-order valence-electron chi connectivity index (χ2n) is 5.29. The van der Waals surface area contributed by atoms with E-state index in [9.17, 15) is 4.79 Å². The van der Waals surface area contributed by atoms with Crippen LogP contribution in [0, 0.1) is 0 Å². The third-order valence-corrected chi connectivity index (χ3v) is 3.87. The molecule has 5 heteroatoms. The molecule has 21 heavy (non-hydrogen) atoms. The van der Waals surface area contributed by atoms with Gasteiger partial charge in [0.1, 0.15) is 11.6 Å². The predicted octanol–water partition coefficient (Wildman–Crippen LogP) is 2.10. The number of aryl methyl sites for hydroxylation is 2. The zero-order chi connectivity index (χ0) is 14.8. The van der Waals surface area contributed by atoms with E-state index in [4.69, 9.17) is 4.74 Å². The Morgan fingerprint density at radius 3 is 3.00 bits per heavy atom. The van der Waals surface area contributed by atoms with Gasteiger partial charge in [0.25, 0.3) is 0 Å². The van der Waals surface area contributed by atoms with Gasteiger partial charge in [-0.3, -0.25) is 9.48 Å². The number of benzene rings is 1. The summed E-state index contributed by atoms with van der Waals surface area (Å²) in [5, 5.41) is 7.46. The summed E-state index contributed by atoms with van der Waals surface area (Å²) >= 11 is 0. The molecule has 0 unspecified atom stereocenters. The Balaban J connectivity index is 1.75. The lowest BCUT2D eigenvalue weighted by Gasteiger charge is -2.10. The molecule has 0 atom stereocenters. The van der Waals surface area contributed by atoms with Gasteiger partial charge in [0, 0.05) is 18.2 Å². The third kappa shape index (κ3) is 2.63. The summed E-state index contributed by atoms with van der Waals surface area (Å²) in [7, 11) is 3.49. The molecule has 0 fully saturated rings. The van der Waals surface area contributed by atoms with Gasteiger partial charge in [0.05, 0.1) is 19.2 Å². The van der Waals surface area contributed by atoms with Crippen LogP contribution in [-0.4, -0.2) is 22.8 Å². The Morgan fingerprint density at radius 1 is 1.38 bits per heavy atom. The molecule has 0 saturated heterocycles. The Morgan fingerprint density at radius 2 is 2.19 bits per heavy atom. The second kappa shape index (κ2) is 5.60. The minimum Gasteiger partial charge on any atom is -0.496 e. The number of carbonyl (C=O) groups excluding carboxylic acids is 1. The van der Waals surface area contributed by atoms with Gasteiger partial charge in [0.15, 0.2) is 0 Å². The number of ether oxygens (including phenoxy) is 1. The minimum absolute atomic E-state index is 0.0443. The number of hydrogen-bond donors (Lipinski definition) is 1. The van der Waals surface area contributed by atoms with Crippen molar-refractivity contribution in [3.05, 3.63) is 41.1 Å². The third-order valence-electron chi connectivity index (χ3n) is 3.87. The lowest BCUT2D eigenvalue weighted by molar-refractivity contribution is -0.115. The van der Waals surface area contributed by atoms with Crippen LogP contribution in [0.2, 0.25) is 0 Å². The van der Waals surface area contributed by atoms with Crippen LogP contribution in [-0.2, 0) is 31.1 Å². The van der Waals surface area contributed by atoms with Crippen LogP contribution in [0.25, 0.3) is 0 Å². The Bertz CT molecular complexity index is 676. The summed E-state index contributed by atoms with van der Waals surface area (Å²) < 4.78 is 7.05. The highest BCUT2D eigenvalue weighted by molar-refractivity contribution is 5.92. The number of nitrogens with one attached hydrogen (secondary N) is 1. The molecule has 0 bridgehead atoms. The minimum atomic E-state index is -0.0443. The van der Waals surface area contributed by atoms with E-state index in [2.05, 4.69) is 10.4 Å². The fourth-order valence-corrected chi connectivity index (χ4v) is 2.87. The Kier molecular flexibility index (Phi) is 3.64. The maximum Gasteiger partial charge on any atom is 0.230 e. The quantitative estimate of drug-likeness (QED) is 0.936. The fourth-order valence-electron chi connectivity index (χ4n) is 2.87. The SMILES string of the molecule is COc1ccccc1CC(=O)Nc1c2c(nn1C)CCC2. The van der Waals surface area contributed by atoms with Gasteiger partial charge in [-0.1, -0.05) is 18.2 Å². The Labute approximate surface area is 123 Å². The van der Waals surface area contributed by atoms with E-state index in [1.807, 2.05) is 31.3 Å². The summed E-state index contributed by atoms with van der Waals surface area (Å²) in [6.07, 6.45) is 3.41. The molecule has 3 rings (SSSR count). The van der Waals surface area contributed by atoms with Crippen LogP contribution in [0.15, 0.2) is 24.3 Å². The highest BCUT2D eigenvalue weighted by Crippen LogP contribution is 2.28. The van der Waals surface area contributed by atoms with Gasteiger partial charge in [-0.2, -0.15) is 5.10 Å². The van der Waals surface area contributed by atoms with Gasteiger partial charge in [-0.05, 0) is 25.3 Å². The van der Waals surface area contributed by atoms with E-state index in [-0.39, 0.29) is 5.91 Å². The van der Waals surface area contributed by atoms with Crippen molar-refractivity contribution in [1.82, 2.24) is 9.78 Å². The normalized spacial score (nSPS) is 13.0. The average molecular weight is 285 g/mol. The fraction of sp³-hybridized carbons (Fsp3) is 0.375. The first-order valence-electron chi connectivity index (χ1n) is 7.15. The first-order chi connectivity index (χ1) is 10.2. The number of para-hydroxylation sites is 1. The molecule has 1 heterocycles. The molecule has 1 aliphatic rings. The zero-order valence-corrected chi connectivity index (χ0v) is 12.3. The molecule has 0 spiro atoms. The molecular weight excluding hydrogens is 266 g/mol. The number of carbonyl (C=O) groups is 1. The van der Waals surface area contributed by atoms with E-state index >= 15 is 0 Å². The van der Waals surface area contributed by atoms with Crippen molar-refractivity contribution in [3.8, 4) is 5.75 Å². The van der Waals surface area contributed by atoms with Crippen LogP contribution in [0.4, 0.5) is 5.82 Å². The molecule has 1 aliphatic carbocycles. The molecule has 0 saturated carbocycles. The molecule has 1 aromatic carbocycles. The monoisotopic (exact) mass is 285 g/mol. The topological polar surface area (TPSA) is 56.1 Å². The van der Waals surface area contributed by atoms with Crippen molar-refractivity contribution in [2.24, 2.45) is 7.05 Å². The molecule has 110 valence electrons. The van der Waals surface area contributed by atoms with Crippen LogP contribution in [0.1, 0.15) is 23.2 Å². The number of rotatable bonds is 4. The number of methoxy groups -OCH3 is 1. The van der Waals surface area contributed by atoms with Gasteiger partial charge < -0.3 is 10.1 Å². The standard InChI is InChI=1S/C16H19N3O2/c1-19-16(12-7-5-8-13(12)18-19)17-15(20)10-11-6-3-4-9-14(11)21-2/h3-4,6,9H,5,7-8,10H2,1-2H3,(H,17,20). The van der Waals surface area contributed by atoms with Crippen molar-refractivity contribution >= 4 is 11.7 Å². The van der Waals surface area contributed by atoms with Crippen molar-refractivity contribution < 1.29 is 9.53 Å². The van der Waals surface area contributed by atoms with E-state index in [0.29, 0.717) is 6.42 Å². The number of aromatic nitrogens is 2. The van der Waals surface area contributed by atoms with Gasteiger partial charge >= 0.3 is 0 Å². The lowest BCUT2D eigenvalue weighted by atomic mass is 10.1. The largest absolute Gasteiger partial charge is 0.496 e. The Hall–Kier alpha value is -2.30. The molecule has 0 aliphatic heterocycles. The van der Waals surface area contributed by atoms with Crippen LogP contribution in [0.5, 0.6) is 5.75 Å². The van der Waals surface area contributed by atoms with Crippen molar-refractivity contribution in [2.45, 2.75) is 25.7 Å². The van der Waals surface area contributed by atoms with Gasteiger partial charge in [-0.25, -0.2) is 0 Å². The van der Waals surface area contributed by atoms with E-state index in [1.54, 1.807) is 11.8 Å². The number of nitrogens with zero attached hydrogens (tertiary/aromatic N) is 2. The van der Waals surface area contributed by atoms with E-state index in [1.165, 1.54) is 5.56 Å². The first-order valence-corrected chi connectivity index (χ1v) is 7.15. The number of fused-ring (bicyclic) bond motifs is 1. The highest BCUT2D eigenvalue weighted by Gasteiger charge is 2.22. The predicted molar refractivity (Wildman–Crippen MR) is 80.6 cm³/mol. The highest BCUT2D eigenvalue weighted by atomic mass is 16.5. The summed E-state index contributed by atoms with van der Waals surface area (Å²) in [6, 6.07) is 7.58. The van der Waals surface area contributed by atoms with Crippen LogP contribution >= 0.6 is 0 Å². The zero-order valence-electron chi connectivity index (χ0n) is 12.3. The summed E-state index contributed by atoms with van der Waals surface area (Å²) in [5.74, 6) is 1.53. The molecule has 1 aromatic heterocycles. The van der Waals surface area contributed by atoms with Crippen LogP contribution in [0.3, 0.4) is 0 Å². The van der Waals surface area contributed by atoms with Crippen molar-refractivity contribution in [2.75, 3.05) is 12.4 Å². The molecule has 2 aromatic rings. The molecule has 1 N–H and O–H groups in total. The summed E-state index contributed by atoms with van der Waals surface area (Å²) in [6.45, 7) is 0. The summed E-state index contributed by atoms with van der Waals surface area (Å²) in [5.41, 5.74) is 3.19. The van der Waals surface area contributed by atoms with E-state index in [0.717, 1.165) is 42.1 Å². The number of amides is 1. The maximum atomic E-state index is 12.3. The molecule has 0 radical (unpaired) electrons. The average Bonchev–Trinajstić information content (AvgIpc) is 3.03. The smallest absolute Gasteiger partial charge is 0.230 e. The number of hydrogen-bond acceptors (Lipinski definition) is 3. The number of anilines is 1.